The molecular weight excluding hydrogens is 353 g/mol. The van der Waals surface area contributed by atoms with Crippen LogP contribution >= 0.6 is 11.3 Å². The van der Waals surface area contributed by atoms with Crippen LogP contribution in [-0.2, 0) is 6.18 Å². The predicted octanol–water partition coefficient (Wildman–Crippen LogP) is 5.30. The maximum absolute atomic E-state index is 13.1. The van der Waals surface area contributed by atoms with Crippen LogP contribution in [0, 0.1) is 0 Å². The second kappa shape index (κ2) is 5.96. The largest absolute Gasteiger partial charge is 0.454 e. The van der Waals surface area contributed by atoms with Gasteiger partial charge < -0.3 is 14.8 Å². The average molecular weight is 364 g/mol. The molecule has 1 N–H and O–H groups in total. The quantitative estimate of drug-likeness (QED) is 0.685. The number of nitrogens with one attached hydrogen (secondary N) is 1. The summed E-state index contributed by atoms with van der Waals surface area (Å²) in [4.78, 5) is 4.12. The van der Waals surface area contributed by atoms with Crippen molar-refractivity contribution in [2.24, 2.45) is 0 Å². The van der Waals surface area contributed by atoms with Crippen LogP contribution in [0.4, 0.5) is 24.0 Å². The number of halogens is 3. The van der Waals surface area contributed by atoms with E-state index in [2.05, 4.69) is 10.3 Å². The number of hydrogen-bond donors (Lipinski definition) is 1. The lowest BCUT2D eigenvalue weighted by Gasteiger charge is -2.14. The summed E-state index contributed by atoms with van der Waals surface area (Å²) in [5.74, 6) is 1.08. The van der Waals surface area contributed by atoms with Gasteiger partial charge in [-0.15, -0.1) is 11.3 Å². The number of anilines is 2. The Morgan fingerprint density at radius 2 is 1.88 bits per heavy atom. The van der Waals surface area contributed by atoms with E-state index in [0.717, 1.165) is 12.1 Å². The highest BCUT2D eigenvalue weighted by Crippen LogP contribution is 2.41. The summed E-state index contributed by atoms with van der Waals surface area (Å²) in [7, 11) is 0. The summed E-state index contributed by atoms with van der Waals surface area (Å²) >= 11 is 1.36. The van der Waals surface area contributed by atoms with E-state index < -0.39 is 11.7 Å². The number of fused-ring (bicyclic) bond motifs is 1. The molecule has 0 bridgehead atoms. The van der Waals surface area contributed by atoms with Crippen molar-refractivity contribution in [3.63, 3.8) is 0 Å². The summed E-state index contributed by atoms with van der Waals surface area (Å²) in [6.45, 7) is 0.103. The van der Waals surface area contributed by atoms with E-state index in [4.69, 9.17) is 9.47 Å². The Hall–Kier alpha value is -2.74. The van der Waals surface area contributed by atoms with Crippen LogP contribution < -0.4 is 14.8 Å². The molecule has 0 aliphatic carbocycles. The van der Waals surface area contributed by atoms with Gasteiger partial charge in [0.05, 0.1) is 5.56 Å². The molecule has 2 aromatic carbocycles. The van der Waals surface area contributed by atoms with Crippen molar-refractivity contribution in [1.82, 2.24) is 4.98 Å². The van der Waals surface area contributed by atoms with Crippen molar-refractivity contribution in [3.05, 3.63) is 53.5 Å². The van der Waals surface area contributed by atoms with Crippen molar-refractivity contribution in [1.29, 1.82) is 0 Å². The summed E-state index contributed by atoms with van der Waals surface area (Å²) in [6, 6.07) is 8.63. The molecule has 0 unspecified atom stereocenters. The number of rotatable bonds is 3. The van der Waals surface area contributed by atoms with E-state index >= 15 is 0 Å². The number of aromatic nitrogens is 1. The number of benzene rings is 2. The van der Waals surface area contributed by atoms with Gasteiger partial charge >= 0.3 is 6.18 Å². The molecule has 4 rings (SSSR count). The van der Waals surface area contributed by atoms with Crippen molar-refractivity contribution in [2.45, 2.75) is 6.18 Å². The smallest absolute Gasteiger partial charge is 0.416 e. The van der Waals surface area contributed by atoms with Crippen molar-refractivity contribution in [2.75, 3.05) is 12.1 Å². The van der Waals surface area contributed by atoms with E-state index in [1.54, 1.807) is 29.8 Å². The first kappa shape index (κ1) is 15.8. The minimum absolute atomic E-state index is 0.103. The molecule has 0 fully saturated rings. The molecule has 2 heterocycles. The molecular formula is C17H11F3N2O2S. The topological polar surface area (TPSA) is 43.4 Å². The highest BCUT2D eigenvalue weighted by Gasteiger charge is 2.31. The predicted molar refractivity (Wildman–Crippen MR) is 88.4 cm³/mol. The van der Waals surface area contributed by atoms with Crippen LogP contribution in [0.5, 0.6) is 11.5 Å². The molecule has 0 radical (unpaired) electrons. The van der Waals surface area contributed by atoms with Gasteiger partial charge in [0.1, 0.15) is 0 Å². The Kier molecular flexibility index (Phi) is 3.76. The zero-order valence-electron chi connectivity index (χ0n) is 12.6. The number of ether oxygens (including phenoxy) is 2. The molecule has 1 aliphatic heterocycles. The van der Waals surface area contributed by atoms with Gasteiger partial charge in [-0.3, -0.25) is 0 Å². The SMILES string of the molecule is FC(F)(F)c1ccc(Nc2nccs2)c(-c2ccc3c(c2)OCO3)c1. The van der Waals surface area contributed by atoms with Crippen LogP contribution in [-0.4, -0.2) is 11.8 Å². The second-order valence-electron chi connectivity index (χ2n) is 5.29. The van der Waals surface area contributed by atoms with Crippen molar-refractivity contribution >= 4 is 22.2 Å². The first-order chi connectivity index (χ1) is 12.0. The maximum atomic E-state index is 13.1. The van der Waals surface area contributed by atoms with Crippen LogP contribution in [0.25, 0.3) is 11.1 Å². The van der Waals surface area contributed by atoms with Gasteiger partial charge in [-0.05, 0) is 35.9 Å². The number of nitrogens with zero attached hydrogens (tertiary/aromatic N) is 1. The fraction of sp³-hybridized carbons (Fsp3) is 0.118. The third-order valence-electron chi connectivity index (χ3n) is 3.70. The van der Waals surface area contributed by atoms with Crippen LogP contribution in [0.3, 0.4) is 0 Å². The lowest BCUT2D eigenvalue weighted by molar-refractivity contribution is -0.137. The van der Waals surface area contributed by atoms with E-state index in [1.807, 2.05) is 0 Å². The molecule has 0 amide bonds. The van der Waals surface area contributed by atoms with E-state index in [1.165, 1.54) is 17.4 Å². The van der Waals surface area contributed by atoms with Crippen molar-refractivity contribution in [3.8, 4) is 22.6 Å². The Morgan fingerprint density at radius 1 is 1.04 bits per heavy atom. The highest BCUT2D eigenvalue weighted by atomic mass is 32.1. The summed E-state index contributed by atoms with van der Waals surface area (Å²) in [5, 5.41) is 5.45. The van der Waals surface area contributed by atoms with Gasteiger partial charge in [0, 0.05) is 22.8 Å². The van der Waals surface area contributed by atoms with Gasteiger partial charge in [-0.25, -0.2) is 4.98 Å². The van der Waals surface area contributed by atoms with E-state index in [-0.39, 0.29) is 6.79 Å². The summed E-state index contributed by atoms with van der Waals surface area (Å²) in [6.07, 6.45) is -2.80. The normalized spacial score (nSPS) is 13.1. The standard InChI is InChI=1S/C17H11F3N2O2S/c18-17(19,20)11-2-3-13(22-16-21-5-6-25-16)12(8-11)10-1-4-14-15(7-10)24-9-23-14/h1-8H,9H2,(H,21,22). The molecule has 1 aliphatic rings. The Balaban J connectivity index is 1.82. The Morgan fingerprint density at radius 3 is 2.64 bits per heavy atom. The van der Waals surface area contributed by atoms with E-state index in [9.17, 15) is 13.2 Å². The fourth-order valence-electron chi connectivity index (χ4n) is 2.53. The molecule has 0 saturated carbocycles. The number of hydrogen-bond acceptors (Lipinski definition) is 5. The third-order valence-corrected chi connectivity index (χ3v) is 4.39. The number of thiazole rings is 1. The van der Waals surface area contributed by atoms with Gasteiger partial charge in [0.15, 0.2) is 16.6 Å². The molecule has 8 heteroatoms. The van der Waals surface area contributed by atoms with E-state index in [0.29, 0.717) is 33.4 Å². The molecule has 0 spiro atoms. The number of alkyl halides is 3. The summed E-state index contributed by atoms with van der Waals surface area (Å²) in [5.41, 5.74) is 0.810. The van der Waals surface area contributed by atoms with Gasteiger partial charge in [-0.1, -0.05) is 6.07 Å². The van der Waals surface area contributed by atoms with Crippen LogP contribution in [0.15, 0.2) is 48.0 Å². The van der Waals surface area contributed by atoms with Crippen LogP contribution in [0.2, 0.25) is 0 Å². The Bertz CT molecular complexity index is 911. The average Bonchev–Trinajstić information content (AvgIpc) is 3.24. The first-order valence-electron chi connectivity index (χ1n) is 7.28. The molecule has 1 aromatic heterocycles. The molecule has 0 atom stereocenters. The zero-order valence-corrected chi connectivity index (χ0v) is 13.4. The molecule has 3 aromatic rings. The zero-order chi connectivity index (χ0) is 17.4. The Labute approximate surface area is 144 Å². The third kappa shape index (κ3) is 3.12. The van der Waals surface area contributed by atoms with Gasteiger partial charge in [0.25, 0.3) is 0 Å². The van der Waals surface area contributed by atoms with Crippen LogP contribution in [0.1, 0.15) is 5.56 Å². The molecule has 25 heavy (non-hydrogen) atoms. The molecule has 0 saturated heterocycles. The molecule has 4 nitrogen and oxygen atoms in total. The second-order valence-corrected chi connectivity index (χ2v) is 6.18. The maximum Gasteiger partial charge on any atom is 0.416 e. The lowest BCUT2D eigenvalue weighted by Crippen LogP contribution is -2.05. The lowest BCUT2D eigenvalue weighted by atomic mass is 10.00. The fourth-order valence-corrected chi connectivity index (χ4v) is 3.07. The van der Waals surface area contributed by atoms with Gasteiger partial charge in [-0.2, -0.15) is 13.2 Å². The highest BCUT2D eigenvalue weighted by molar-refractivity contribution is 7.13. The minimum atomic E-state index is -4.43. The van der Waals surface area contributed by atoms with Gasteiger partial charge in [0.2, 0.25) is 6.79 Å². The monoisotopic (exact) mass is 364 g/mol. The summed E-state index contributed by atoms with van der Waals surface area (Å²) < 4.78 is 50.0. The molecule has 128 valence electrons. The minimum Gasteiger partial charge on any atom is -0.454 e. The first-order valence-corrected chi connectivity index (χ1v) is 8.16. The van der Waals surface area contributed by atoms with Crippen molar-refractivity contribution < 1.29 is 22.6 Å².